The third kappa shape index (κ3) is 4.43. The third-order valence-corrected chi connectivity index (χ3v) is 5.52. The molecule has 1 fully saturated rings. The van der Waals surface area contributed by atoms with E-state index < -0.39 is 6.03 Å². The average molecular weight is 373 g/mol. The van der Waals surface area contributed by atoms with Crippen molar-refractivity contribution in [2.45, 2.75) is 43.8 Å². The zero-order valence-corrected chi connectivity index (χ0v) is 15.8. The molecule has 138 valence electrons. The molecule has 1 heterocycles. The first-order valence-corrected chi connectivity index (χ1v) is 9.71. The molecule has 0 atom stereocenters. The maximum atomic E-state index is 12.0. The van der Waals surface area contributed by atoms with Crippen LogP contribution < -0.4 is 10.6 Å². The summed E-state index contributed by atoms with van der Waals surface area (Å²) in [4.78, 5) is 23.8. The lowest BCUT2D eigenvalue weighted by molar-refractivity contribution is -0.117. The highest BCUT2D eigenvalue weighted by Gasteiger charge is 2.19. The Kier molecular flexibility index (Phi) is 5.92. The number of nitrogens with one attached hydrogen (secondary N) is 2. The molecule has 1 aromatic carbocycles. The minimum Gasteiger partial charge on any atom is -0.335 e. The molecule has 3 rings (SSSR count). The average Bonchev–Trinajstić information content (AvgIpc) is 3.23. The highest BCUT2D eigenvalue weighted by atomic mass is 32.2. The monoisotopic (exact) mass is 373 g/mol. The van der Waals surface area contributed by atoms with Crippen molar-refractivity contribution in [1.82, 2.24) is 25.4 Å². The van der Waals surface area contributed by atoms with Crippen LogP contribution in [0.3, 0.4) is 0 Å². The summed E-state index contributed by atoms with van der Waals surface area (Å²) in [6, 6.07) is 7.72. The fraction of sp³-hybridized carbons (Fsp3) is 0.444. The van der Waals surface area contributed by atoms with E-state index in [0.29, 0.717) is 5.16 Å². The Morgan fingerprint density at radius 1 is 1.23 bits per heavy atom. The lowest BCUT2D eigenvalue weighted by atomic mass is 10.1. The van der Waals surface area contributed by atoms with Gasteiger partial charge in [-0.05, 0) is 25.3 Å². The minimum absolute atomic E-state index is 0.109. The number of imide groups is 1. The summed E-state index contributed by atoms with van der Waals surface area (Å²) in [6.07, 6.45) is 4.22. The van der Waals surface area contributed by atoms with Crippen LogP contribution in [0.5, 0.6) is 0 Å². The number of amides is 3. The first kappa shape index (κ1) is 18.4. The van der Waals surface area contributed by atoms with E-state index in [0.717, 1.165) is 42.6 Å². The zero-order chi connectivity index (χ0) is 18.5. The first-order valence-electron chi connectivity index (χ1n) is 8.73. The van der Waals surface area contributed by atoms with Gasteiger partial charge in [0, 0.05) is 18.7 Å². The summed E-state index contributed by atoms with van der Waals surface area (Å²) in [5.74, 6) is 0.522. The van der Waals surface area contributed by atoms with Crippen LogP contribution in [0.2, 0.25) is 0 Å². The molecular formula is C18H23N5O2S. The molecule has 0 bridgehead atoms. The molecular weight excluding hydrogens is 350 g/mol. The Labute approximate surface area is 157 Å². The number of carbonyl (C=O) groups excluding carboxylic acids is 2. The van der Waals surface area contributed by atoms with Gasteiger partial charge in [-0.1, -0.05) is 48.9 Å². The topological polar surface area (TPSA) is 88.9 Å². The number of urea groups is 1. The summed E-state index contributed by atoms with van der Waals surface area (Å²) in [6.45, 7) is 2.02. The number of thioether (sulfide) groups is 1. The third-order valence-electron chi connectivity index (χ3n) is 4.50. The van der Waals surface area contributed by atoms with Crippen molar-refractivity contribution in [3.63, 3.8) is 0 Å². The SMILES string of the molecule is Cc1ccccc1-c1nnc(SCC(=O)NC(=O)NC2CCCC2)n1C. The van der Waals surface area contributed by atoms with Gasteiger partial charge in [0.05, 0.1) is 5.75 Å². The van der Waals surface area contributed by atoms with Crippen LogP contribution in [0.1, 0.15) is 31.2 Å². The van der Waals surface area contributed by atoms with Crippen molar-refractivity contribution in [2.24, 2.45) is 7.05 Å². The normalized spacial score (nSPS) is 14.4. The highest BCUT2D eigenvalue weighted by Crippen LogP contribution is 2.24. The number of aromatic nitrogens is 3. The number of aryl methyl sites for hydroxylation is 1. The number of rotatable bonds is 5. The molecule has 2 N–H and O–H groups in total. The number of hydrogen-bond donors (Lipinski definition) is 2. The van der Waals surface area contributed by atoms with E-state index in [1.165, 1.54) is 11.8 Å². The van der Waals surface area contributed by atoms with Crippen LogP contribution in [0.15, 0.2) is 29.4 Å². The van der Waals surface area contributed by atoms with E-state index in [4.69, 9.17) is 0 Å². The van der Waals surface area contributed by atoms with E-state index in [1.807, 2.05) is 42.8 Å². The molecule has 2 aromatic rings. The molecule has 0 aliphatic heterocycles. The Balaban J connectivity index is 1.54. The second-order valence-electron chi connectivity index (χ2n) is 6.47. The second kappa shape index (κ2) is 8.35. The lowest BCUT2D eigenvalue weighted by Crippen LogP contribution is -2.44. The van der Waals surface area contributed by atoms with Crippen molar-refractivity contribution >= 4 is 23.7 Å². The molecule has 0 saturated heterocycles. The van der Waals surface area contributed by atoms with E-state index in [2.05, 4.69) is 20.8 Å². The Hall–Kier alpha value is -2.35. The standard InChI is InChI=1S/C18H23N5O2S/c1-12-7-3-6-10-14(12)16-21-22-18(23(16)2)26-11-15(24)20-17(25)19-13-8-4-5-9-13/h3,6-7,10,13H,4-5,8-9,11H2,1-2H3,(H2,19,20,24,25). The van der Waals surface area contributed by atoms with Crippen LogP contribution in [0.25, 0.3) is 11.4 Å². The lowest BCUT2D eigenvalue weighted by Gasteiger charge is -2.12. The van der Waals surface area contributed by atoms with Gasteiger partial charge in [-0.15, -0.1) is 10.2 Å². The molecule has 8 heteroatoms. The van der Waals surface area contributed by atoms with Crippen molar-refractivity contribution < 1.29 is 9.59 Å². The van der Waals surface area contributed by atoms with Gasteiger partial charge in [0.15, 0.2) is 11.0 Å². The molecule has 0 unspecified atom stereocenters. The van der Waals surface area contributed by atoms with Gasteiger partial charge in [0.25, 0.3) is 0 Å². The van der Waals surface area contributed by atoms with Crippen LogP contribution in [-0.4, -0.2) is 38.5 Å². The van der Waals surface area contributed by atoms with Crippen molar-refractivity contribution in [3.05, 3.63) is 29.8 Å². The second-order valence-corrected chi connectivity index (χ2v) is 7.41. The maximum absolute atomic E-state index is 12.0. The highest BCUT2D eigenvalue weighted by molar-refractivity contribution is 7.99. The van der Waals surface area contributed by atoms with Crippen LogP contribution >= 0.6 is 11.8 Å². The molecule has 0 radical (unpaired) electrons. The molecule has 1 saturated carbocycles. The fourth-order valence-corrected chi connectivity index (χ4v) is 3.79. The zero-order valence-electron chi connectivity index (χ0n) is 15.0. The van der Waals surface area contributed by atoms with Gasteiger partial charge in [0.1, 0.15) is 0 Å². The Morgan fingerprint density at radius 2 is 1.96 bits per heavy atom. The van der Waals surface area contributed by atoms with Gasteiger partial charge in [-0.2, -0.15) is 0 Å². The van der Waals surface area contributed by atoms with Crippen LogP contribution in [-0.2, 0) is 11.8 Å². The summed E-state index contributed by atoms with van der Waals surface area (Å²) in [5.41, 5.74) is 2.12. The van der Waals surface area contributed by atoms with Crippen molar-refractivity contribution in [3.8, 4) is 11.4 Å². The molecule has 0 spiro atoms. The summed E-state index contributed by atoms with van der Waals surface area (Å²) < 4.78 is 1.86. The molecule has 3 amide bonds. The van der Waals surface area contributed by atoms with Crippen LogP contribution in [0, 0.1) is 6.92 Å². The smallest absolute Gasteiger partial charge is 0.321 e. The quantitative estimate of drug-likeness (QED) is 0.787. The summed E-state index contributed by atoms with van der Waals surface area (Å²) in [5, 5.41) is 14.2. The summed E-state index contributed by atoms with van der Waals surface area (Å²) >= 11 is 1.26. The van der Waals surface area contributed by atoms with Crippen LogP contribution in [0.4, 0.5) is 4.79 Å². The van der Waals surface area contributed by atoms with E-state index in [1.54, 1.807) is 0 Å². The molecule has 7 nitrogen and oxygen atoms in total. The largest absolute Gasteiger partial charge is 0.335 e. The molecule has 26 heavy (non-hydrogen) atoms. The Morgan fingerprint density at radius 3 is 2.69 bits per heavy atom. The first-order chi connectivity index (χ1) is 12.5. The van der Waals surface area contributed by atoms with E-state index in [-0.39, 0.29) is 17.7 Å². The number of carbonyl (C=O) groups is 2. The van der Waals surface area contributed by atoms with Crippen molar-refractivity contribution in [1.29, 1.82) is 0 Å². The summed E-state index contributed by atoms with van der Waals surface area (Å²) in [7, 11) is 1.87. The molecule has 1 aliphatic rings. The fourth-order valence-electron chi connectivity index (χ4n) is 3.08. The van der Waals surface area contributed by atoms with Gasteiger partial charge >= 0.3 is 6.03 Å². The molecule has 1 aromatic heterocycles. The predicted molar refractivity (Wildman–Crippen MR) is 101 cm³/mol. The number of benzene rings is 1. The Bertz CT molecular complexity index is 799. The predicted octanol–water partition coefficient (Wildman–Crippen LogP) is 2.65. The molecule has 1 aliphatic carbocycles. The van der Waals surface area contributed by atoms with E-state index >= 15 is 0 Å². The van der Waals surface area contributed by atoms with Crippen molar-refractivity contribution in [2.75, 3.05) is 5.75 Å². The van der Waals surface area contributed by atoms with Gasteiger partial charge in [-0.25, -0.2) is 4.79 Å². The van der Waals surface area contributed by atoms with Gasteiger partial charge in [-0.3, -0.25) is 10.1 Å². The van der Waals surface area contributed by atoms with E-state index in [9.17, 15) is 9.59 Å². The maximum Gasteiger partial charge on any atom is 0.321 e. The van der Waals surface area contributed by atoms with Gasteiger partial charge in [0.2, 0.25) is 5.91 Å². The number of hydrogen-bond acceptors (Lipinski definition) is 5. The minimum atomic E-state index is -0.416. The number of nitrogens with zero attached hydrogens (tertiary/aromatic N) is 3. The van der Waals surface area contributed by atoms with Gasteiger partial charge < -0.3 is 9.88 Å².